The number of nitrogens with one attached hydrogen (secondary N) is 1. The van der Waals surface area contributed by atoms with Crippen molar-refractivity contribution in [3.8, 4) is 11.4 Å². The summed E-state index contributed by atoms with van der Waals surface area (Å²) in [5, 5.41) is 16.0. The van der Waals surface area contributed by atoms with E-state index in [1.54, 1.807) is 12.1 Å². The van der Waals surface area contributed by atoms with Gasteiger partial charge in [0.05, 0.1) is 0 Å². The molecule has 1 aromatic heterocycles. The Kier molecular flexibility index (Phi) is 5.14. The van der Waals surface area contributed by atoms with E-state index in [0.29, 0.717) is 22.7 Å². The van der Waals surface area contributed by atoms with Crippen molar-refractivity contribution in [3.05, 3.63) is 29.3 Å². The number of amides is 1. The van der Waals surface area contributed by atoms with E-state index in [1.165, 1.54) is 17.6 Å². The number of halogens is 1. The Morgan fingerprint density at radius 2 is 2.04 bits per heavy atom. The molecule has 0 spiro atoms. The van der Waals surface area contributed by atoms with Gasteiger partial charge in [-0.15, -0.1) is 10.2 Å². The Hall–Kier alpha value is -1.95. The highest BCUT2D eigenvalue weighted by atomic mass is 35.5. The zero-order chi connectivity index (χ0) is 17.1. The van der Waals surface area contributed by atoms with Gasteiger partial charge in [0.2, 0.25) is 11.7 Å². The zero-order valence-corrected chi connectivity index (χ0v) is 14.7. The van der Waals surface area contributed by atoms with Gasteiger partial charge in [0.25, 0.3) is 0 Å². The van der Waals surface area contributed by atoms with Crippen LogP contribution < -0.4 is 5.32 Å². The molecule has 128 valence electrons. The van der Waals surface area contributed by atoms with Crippen molar-refractivity contribution < 1.29 is 4.79 Å². The molecule has 1 fully saturated rings. The summed E-state index contributed by atoms with van der Waals surface area (Å²) in [5.74, 6) is 1.56. The molecule has 6 nitrogen and oxygen atoms in total. The first-order valence-corrected chi connectivity index (χ1v) is 8.74. The van der Waals surface area contributed by atoms with E-state index < -0.39 is 0 Å². The second-order valence-corrected chi connectivity index (χ2v) is 7.03. The van der Waals surface area contributed by atoms with Crippen LogP contribution in [0.15, 0.2) is 24.3 Å². The second-order valence-electron chi connectivity index (χ2n) is 6.59. The van der Waals surface area contributed by atoms with Crippen LogP contribution in [0.5, 0.6) is 0 Å². The molecule has 2 aromatic rings. The molecule has 1 aliphatic rings. The Morgan fingerprint density at radius 1 is 1.29 bits per heavy atom. The predicted octanol–water partition coefficient (Wildman–Crippen LogP) is 2.93. The molecular formula is C17H22ClN5O. The number of hydrogen-bond donors (Lipinski definition) is 1. The van der Waals surface area contributed by atoms with Crippen molar-refractivity contribution in [1.82, 2.24) is 25.5 Å². The van der Waals surface area contributed by atoms with Crippen molar-refractivity contribution >= 4 is 17.5 Å². The standard InChI is InChI=1S/C17H22ClN5O/c1-11-4-3-5-15(12(11)2)19-16(24)10-23-21-17(20-22-23)13-6-8-14(18)9-7-13/h6-9,11-12,15H,3-5,10H2,1-2H3,(H,19,24)/t11-,12-,15-/m1/s1. The molecule has 24 heavy (non-hydrogen) atoms. The van der Waals surface area contributed by atoms with Crippen LogP contribution in [-0.2, 0) is 11.3 Å². The lowest BCUT2D eigenvalue weighted by atomic mass is 9.78. The van der Waals surface area contributed by atoms with Crippen LogP contribution in [-0.4, -0.2) is 32.2 Å². The summed E-state index contributed by atoms with van der Waals surface area (Å²) in [5.41, 5.74) is 0.820. The summed E-state index contributed by atoms with van der Waals surface area (Å²) in [7, 11) is 0. The highest BCUT2D eigenvalue weighted by Crippen LogP contribution is 2.29. The molecule has 3 atom stereocenters. The summed E-state index contributed by atoms with van der Waals surface area (Å²) in [6, 6.07) is 7.44. The maximum Gasteiger partial charge on any atom is 0.243 e. The van der Waals surface area contributed by atoms with Crippen molar-refractivity contribution in [3.63, 3.8) is 0 Å². The summed E-state index contributed by atoms with van der Waals surface area (Å²) in [4.78, 5) is 13.6. The molecule has 0 bridgehead atoms. The molecule has 1 aliphatic carbocycles. The van der Waals surface area contributed by atoms with Gasteiger partial charge in [0.15, 0.2) is 0 Å². The summed E-state index contributed by atoms with van der Waals surface area (Å²) in [6.07, 6.45) is 3.44. The minimum Gasteiger partial charge on any atom is -0.351 e. The SMILES string of the molecule is C[C@@H]1[C@H](C)CCC[C@H]1NC(=O)Cn1nnc(-c2ccc(Cl)cc2)n1. The molecule has 7 heteroatoms. The topological polar surface area (TPSA) is 72.7 Å². The third-order valence-corrected chi connectivity index (χ3v) is 5.15. The van der Waals surface area contributed by atoms with Gasteiger partial charge in [-0.1, -0.05) is 38.3 Å². The molecule has 1 saturated carbocycles. The number of rotatable bonds is 4. The van der Waals surface area contributed by atoms with Crippen LogP contribution in [0.2, 0.25) is 5.02 Å². The predicted molar refractivity (Wildman–Crippen MR) is 92.4 cm³/mol. The van der Waals surface area contributed by atoms with Gasteiger partial charge < -0.3 is 5.32 Å². The summed E-state index contributed by atoms with van der Waals surface area (Å²) < 4.78 is 0. The first-order valence-electron chi connectivity index (χ1n) is 8.36. The van der Waals surface area contributed by atoms with Gasteiger partial charge in [-0.25, -0.2) is 0 Å². The number of benzene rings is 1. The molecule has 1 amide bonds. The molecule has 1 N–H and O–H groups in total. The molecule has 0 radical (unpaired) electrons. The minimum atomic E-state index is -0.0685. The van der Waals surface area contributed by atoms with Crippen LogP contribution in [0.1, 0.15) is 33.1 Å². The molecule has 1 heterocycles. The van der Waals surface area contributed by atoms with Crippen LogP contribution >= 0.6 is 11.6 Å². The number of aromatic nitrogens is 4. The van der Waals surface area contributed by atoms with Crippen LogP contribution in [0, 0.1) is 11.8 Å². The van der Waals surface area contributed by atoms with Crippen molar-refractivity contribution in [2.45, 2.75) is 45.7 Å². The molecule has 0 saturated heterocycles. The fourth-order valence-corrected chi connectivity index (χ4v) is 3.32. The number of hydrogen-bond acceptors (Lipinski definition) is 4. The lowest BCUT2D eigenvalue weighted by Gasteiger charge is -2.34. The molecule has 0 unspecified atom stereocenters. The van der Waals surface area contributed by atoms with Gasteiger partial charge >= 0.3 is 0 Å². The van der Waals surface area contributed by atoms with E-state index in [0.717, 1.165) is 12.0 Å². The van der Waals surface area contributed by atoms with Crippen molar-refractivity contribution in [2.24, 2.45) is 11.8 Å². The summed E-state index contributed by atoms with van der Waals surface area (Å²) in [6.45, 7) is 4.54. The first kappa shape index (κ1) is 16.9. The number of carbonyl (C=O) groups is 1. The first-order chi connectivity index (χ1) is 11.5. The average Bonchev–Trinajstić information content (AvgIpc) is 3.01. The van der Waals surface area contributed by atoms with Crippen LogP contribution in [0.4, 0.5) is 0 Å². The normalized spacial score (nSPS) is 23.9. The minimum absolute atomic E-state index is 0.0685. The van der Waals surface area contributed by atoms with E-state index >= 15 is 0 Å². The third-order valence-electron chi connectivity index (χ3n) is 4.89. The van der Waals surface area contributed by atoms with Gasteiger partial charge in [-0.2, -0.15) is 4.80 Å². The number of carbonyl (C=O) groups excluding carboxylic acids is 1. The lowest BCUT2D eigenvalue weighted by Crippen LogP contribution is -2.45. The third kappa shape index (κ3) is 3.93. The molecule has 1 aromatic carbocycles. The van der Waals surface area contributed by atoms with Gasteiger partial charge in [0, 0.05) is 16.6 Å². The zero-order valence-electron chi connectivity index (χ0n) is 13.9. The lowest BCUT2D eigenvalue weighted by molar-refractivity contribution is -0.123. The van der Waals surface area contributed by atoms with Crippen LogP contribution in [0.25, 0.3) is 11.4 Å². The quantitative estimate of drug-likeness (QED) is 0.922. The van der Waals surface area contributed by atoms with Gasteiger partial charge in [0.1, 0.15) is 6.54 Å². The Morgan fingerprint density at radius 3 is 2.79 bits per heavy atom. The van der Waals surface area contributed by atoms with E-state index in [2.05, 4.69) is 34.6 Å². The van der Waals surface area contributed by atoms with Crippen molar-refractivity contribution in [2.75, 3.05) is 0 Å². The largest absolute Gasteiger partial charge is 0.351 e. The maximum absolute atomic E-state index is 12.3. The van der Waals surface area contributed by atoms with Gasteiger partial charge in [-0.05, 0) is 47.7 Å². The Bertz CT molecular complexity index is 699. The maximum atomic E-state index is 12.3. The number of nitrogens with zero attached hydrogens (tertiary/aromatic N) is 4. The fourth-order valence-electron chi connectivity index (χ4n) is 3.19. The van der Waals surface area contributed by atoms with E-state index in [9.17, 15) is 4.79 Å². The van der Waals surface area contributed by atoms with E-state index in [-0.39, 0.29) is 18.5 Å². The second kappa shape index (κ2) is 7.30. The molecular weight excluding hydrogens is 326 g/mol. The monoisotopic (exact) mass is 347 g/mol. The van der Waals surface area contributed by atoms with Crippen LogP contribution in [0.3, 0.4) is 0 Å². The Labute approximate surface area is 146 Å². The molecule has 0 aliphatic heterocycles. The van der Waals surface area contributed by atoms with Crippen molar-refractivity contribution in [1.29, 1.82) is 0 Å². The molecule has 3 rings (SSSR count). The number of tetrazole rings is 1. The fraction of sp³-hybridized carbons (Fsp3) is 0.529. The average molecular weight is 348 g/mol. The van der Waals surface area contributed by atoms with E-state index in [1.807, 2.05) is 12.1 Å². The highest BCUT2D eigenvalue weighted by Gasteiger charge is 2.28. The highest BCUT2D eigenvalue weighted by molar-refractivity contribution is 6.30. The van der Waals surface area contributed by atoms with Gasteiger partial charge in [-0.3, -0.25) is 4.79 Å². The Balaban J connectivity index is 1.60. The smallest absolute Gasteiger partial charge is 0.243 e. The summed E-state index contributed by atoms with van der Waals surface area (Å²) >= 11 is 5.87. The van der Waals surface area contributed by atoms with E-state index in [4.69, 9.17) is 11.6 Å².